The number of hydrogen-bond donors (Lipinski definition) is 1. The van der Waals surface area contributed by atoms with Gasteiger partial charge in [0, 0.05) is 0 Å². The minimum absolute atomic E-state index is 0.121. The third-order valence-electron chi connectivity index (χ3n) is 4.12. The van der Waals surface area contributed by atoms with Gasteiger partial charge in [0.05, 0.1) is 21.7 Å². The Balaban J connectivity index is 1.55. The highest BCUT2D eigenvalue weighted by Crippen LogP contribution is 2.29. The summed E-state index contributed by atoms with van der Waals surface area (Å²) in [5.74, 6) is 0.157. The van der Waals surface area contributed by atoms with E-state index in [-0.39, 0.29) is 11.3 Å². The normalized spacial score (nSPS) is 12.4. The first kappa shape index (κ1) is 19.6. The number of fused-ring (bicyclic) bond motifs is 1. The maximum atomic E-state index is 12.1. The molecule has 1 N–H and O–H groups in total. The predicted molar refractivity (Wildman–Crippen MR) is 116 cm³/mol. The summed E-state index contributed by atoms with van der Waals surface area (Å²) in [4.78, 5) is 16.6. The van der Waals surface area contributed by atoms with E-state index in [2.05, 4.69) is 48.4 Å². The minimum Gasteiger partial charge on any atom is -0.272 e. The molecule has 0 bridgehead atoms. The standard InChI is InChI=1S/C21H23N3OS2/c1-14(15-9-11-16(12-10-15)21(2,3)4)23-24-19(25)13-26-20-22-17-7-5-6-8-18(17)27-20/h5-12H,13H2,1-4H3,(H,24,25)/b23-14-. The van der Waals surface area contributed by atoms with Crippen LogP contribution in [0.15, 0.2) is 58.0 Å². The molecular weight excluding hydrogens is 374 g/mol. The minimum atomic E-state index is -0.134. The molecule has 0 fully saturated rings. The van der Waals surface area contributed by atoms with Gasteiger partial charge in [-0.2, -0.15) is 5.10 Å². The van der Waals surface area contributed by atoms with E-state index in [1.165, 1.54) is 17.3 Å². The van der Waals surface area contributed by atoms with Gasteiger partial charge in [0.25, 0.3) is 5.91 Å². The number of hydrogen-bond acceptors (Lipinski definition) is 5. The molecule has 3 rings (SSSR count). The average Bonchev–Trinajstić information content (AvgIpc) is 3.07. The van der Waals surface area contributed by atoms with Crippen molar-refractivity contribution < 1.29 is 4.79 Å². The van der Waals surface area contributed by atoms with Crippen LogP contribution in [0.4, 0.5) is 0 Å². The summed E-state index contributed by atoms with van der Waals surface area (Å²) in [6.45, 7) is 8.46. The number of nitrogens with zero attached hydrogens (tertiary/aromatic N) is 2. The monoisotopic (exact) mass is 397 g/mol. The highest BCUT2D eigenvalue weighted by Gasteiger charge is 2.13. The number of rotatable bonds is 5. The van der Waals surface area contributed by atoms with Crippen LogP contribution in [0.25, 0.3) is 10.2 Å². The van der Waals surface area contributed by atoms with Crippen LogP contribution in [-0.2, 0) is 10.2 Å². The Hall–Kier alpha value is -2.18. The lowest BCUT2D eigenvalue weighted by molar-refractivity contribution is -0.118. The number of aromatic nitrogens is 1. The predicted octanol–water partition coefficient (Wildman–Crippen LogP) is 5.23. The number of hydrazone groups is 1. The molecular formula is C21H23N3OS2. The van der Waals surface area contributed by atoms with Crippen molar-refractivity contribution in [1.82, 2.24) is 10.4 Å². The molecule has 27 heavy (non-hydrogen) atoms. The van der Waals surface area contributed by atoms with Gasteiger partial charge in [-0.15, -0.1) is 11.3 Å². The Morgan fingerprint density at radius 3 is 2.52 bits per heavy atom. The molecule has 0 radical (unpaired) electrons. The van der Waals surface area contributed by atoms with Crippen molar-refractivity contribution in [3.8, 4) is 0 Å². The largest absolute Gasteiger partial charge is 0.272 e. The Kier molecular flexibility index (Phi) is 5.97. The van der Waals surface area contributed by atoms with Crippen molar-refractivity contribution >= 4 is 44.9 Å². The lowest BCUT2D eigenvalue weighted by Crippen LogP contribution is -2.21. The Bertz CT molecular complexity index is 936. The first-order valence-electron chi connectivity index (χ1n) is 8.75. The molecule has 0 spiro atoms. The third-order valence-corrected chi connectivity index (χ3v) is 6.30. The first-order chi connectivity index (χ1) is 12.8. The highest BCUT2D eigenvalue weighted by atomic mass is 32.2. The van der Waals surface area contributed by atoms with E-state index in [4.69, 9.17) is 0 Å². The van der Waals surface area contributed by atoms with Crippen molar-refractivity contribution in [2.45, 2.75) is 37.4 Å². The molecule has 4 nitrogen and oxygen atoms in total. The van der Waals surface area contributed by atoms with Gasteiger partial charge in [-0.25, -0.2) is 10.4 Å². The zero-order valence-electron chi connectivity index (χ0n) is 15.9. The summed E-state index contributed by atoms with van der Waals surface area (Å²) < 4.78 is 2.03. The van der Waals surface area contributed by atoms with E-state index in [9.17, 15) is 4.79 Å². The summed E-state index contributed by atoms with van der Waals surface area (Å²) in [5, 5.41) is 4.23. The van der Waals surface area contributed by atoms with Gasteiger partial charge in [-0.3, -0.25) is 4.79 Å². The maximum Gasteiger partial charge on any atom is 0.250 e. The number of thiazole rings is 1. The molecule has 0 aliphatic rings. The molecule has 140 valence electrons. The van der Waals surface area contributed by atoms with Gasteiger partial charge in [0.2, 0.25) is 0 Å². The molecule has 0 saturated carbocycles. The topological polar surface area (TPSA) is 54.4 Å². The van der Waals surface area contributed by atoms with Gasteiger partial charge < -0.3 is 0 Å². The van der Waals surface area contributed by atoms with Crippen LogP contribution in [0, 0.1) is 0 Å². The zero-order chi connectivity index (χ0) is 19.4. The molecule has 0 saturated heterocycles. The number of carbonyl (C=O) groups is 1. The quantitative estimate of drug-likeness (QED) is 0.364. The second-order valence-corrected chi connectivity index (χ2v) is 9.55. The number of para-hydroxylation sites is 1. The van der Waals surface area contributed by atoms with Crippen LogP contribution in [0.3, 0.4) is 0 Å². The summed E-state index contributed by atoms with van der Waals surface area (Å²) >= 11 is 3.03. The van der Waals surface area contributed by atoms with E-state index in [0.29, 0.717) is 5.75 Å². The summed E-state index contributed by atoms with van der Waals surface area (Å²) in [5.41, 5.74) is 6.79. The number of amides is 1. The fourth-order valence-corrected chi connectivity index (χ4v) is 4.36. The van der Waals surface area contributed by atoms with Gasteiger partial charge in [-0.1, -0.05) is 68.9 Å². The second-order valence-electron chi connectivity index (χ2n) is 7.30. The fraction of sp³-hybridized carbons (Fsp3) is 0.286. The molecule has 1 heterocycles. The van der Waals surface area contributed by atoms with Crippen LogP contribution in [-0.4, -0.2) is 22.4 Å². The highest BCUT2D eigenvalue weighted by molar-refractivity contribution is 8.01. The number of thioether (sulfide) groups is 1. The van der Waals surface area contributed by atoms with Gasteiger partial charge in [-0.05, 0) is 35.6 Å². The SMILES string of the molecule is C/C(=N/NC(=O)CSc1nc2ccccc2s1)c1ccc(C(C)(C)C)cc1. The fourth-order valence-electron chi connectivity index (χ4n) is 2.49. The lowest BCUT2D eigenvalue weighted by atomic mass is 9.86. The molecule has 0 aliphatic carbocycles. The van der Waals surface area contributed by atoms with Crippen LogP contribution in [0.1, 0.15) is 38.8 Å². The second kappa shape index (κ2) is 8.23. The molecule has 0 unspecified atom stereocenters. The lowest BCUT2D eigenvalue weighted by Gasteiger charge is -2.19. The Morgan fingerprint density at radius 2 is 1.85 bits per heavy atom. The Labute approximate surface area is 168 Å². The van der Waals surface area contributed by atoms with Crippen molar-refractivity contribution in [2.24, 2.45) is 5.10 Å². The zero-order valence-corrected chi connectivity index (χ0v) is 17.6. The molecule has 1 aromatic heterocycles. The average molecular weight is 398 g/mol. The van der Waals surface area contributed by atoms with E-state index >= 15 is 0 Å². The number of nitrogens with one attached hydrogen (secondary N) is 1. The Morgan fingerprint density at radius 1 is 1.15 bits per heavy atom. The summed E-state index contributed by atoms with van der Waals surface area (Å²) in [7, 11) is 0. The van der Waals surface area contributed by atoms with Crippen molar-refractivity contribution in [3.05, 3.63) is 59.7 Å². The first-order valence-corrected chi connectivity index (χ1v) is 10.6. The third kappa shape index (κ3) is 5.17. The van der Waals surface area contributed by atoms with E-state index < -0.39 is 0 Å². The summed E-state index contributed by atoms with van der Waals surface area (Å²) in [6.07, 6.45) is 0. The van der Waals surface area contributed by atoms with E-state index in [1.54, 1.807) is 11.3 Å². The van der Waals surface area contributed by atoms with Crippen LogP contribution < -0.4 is 5.43 Å². The van der Waals surface area contributed by atoms with Crippen molar-refractivity contribution in [2.75, 3.05) is 5.75 Å². The van der Waals surface area contributed by atoms with Gasteiger partial charge in [0.1, 0.15) is 0 Å². The van der Waals surface area contributed by atoms with E-state index in [0.717, 1.165) is 25.8 Å². The molecule has 1 amide bonds. The molecule has 3 aromatic rings. The van der Waals surface area contributed by atoms with Crippen LogP contribution in [0.5, 0.6) is 0 Å². The summed E-state index contributed by atoms with van der Waals surface area (Å²) in [6, 6.07) is 16.3. The molecule has 0 atom stereocenters. The maximum absolute atomic E-state index is 12.1. The van der Waals surface area contributed by atoms with Gasteiger partial charge in [0.15, 0.2) is 4.34 Å². The smallest absolute Gasteiger partial charge is 0.250 e. The van der Waals surface area contributed by atoms with E-state index in [1.807, 2.05) is 43.3 Å². The number of benzene rings is 2. The molecule has 6 heteroatoms. The van der Waals surface area contributed by atoms with Crippen molar-refractivity contribution in [3.63, 3.8) is 0 Å². The molecule has 0 aliphatic heterocycles. The van der Waals surface area contributed by atoms with Crippen molar-refractivity contribution in [1.29, 1.82) is 0 Å². The molecule has 2 aromatic carbocycles. The number of carbonyl (C=O) groups excluding carboxylic acids is 1. The van der Waals surface area contributed by atoms with Gasteiger partial charge >= 0.3 is 0 Å². The van der Waals surface area contributed by atoms with Crippen LogP contribution >= 0.6 is 23.1 Å². The van der Waals surface area contributed by atoms with Crippen LogP contribution in [0.2, 0.25) is 0 Å².